The summed E-state index contributed by atoms with van der Waals surface area (Å²) in [5.41, 5.74) is 4.95. The van der Waals surface area contributed by atoms with Gasteiger partial charge in [0.15, 0.2) is 0 Å². The van der Waals surface area contributed by atoms with E-state index in [0.29, 0.717) is 12.8 Å². The number of carbonyl (C=O) groups is 4. The number of nitrogens with two attached hydrogens (primary N) is 1. The minimum absolute atomic E-state index is 0.0163. The van der Waals surface area contributed by atoms with Gasteiger partial charge in [0.25, 0.3) is 5.69 Å². The van der Waals surface area contributed by atoms with Crippen molar-refractivity contribution in [2.45, 2.75) is 75.6 Å². The van der Waals surface area contributed by atoms with Crippen LogP contribution in [-0.2, 0) is 23.9 Å². The summed E-state index contributed by atoms with van der Waals surface area (Å²) in [6, 6.07) is 3.14. The third kappa shape index (κ3) is 6.27. The first-order valence-corrected chi connectivity index (χ1v) is 13.3. The van der Waals surface area contributed by atoms with Gasteiger partial charge in [-0.05, 0) is 44.7 Å². The highest BCUT2D eigenvalue weighted by atomic mass is 16.6. The monoisotopic (exact) mass is 542 g/mol. The average Bonchev–Trinajstić information content (AvgIpc) is 3.44. The van der Waals surface area contributed by atoms with Gasteiger partial charge in [0, 0.05) is 24.5 Å². The molecule has 2 heterocycles. The third-order valence-electron chi connectivity index (χ3n) is 7.51. The van der Waals surface area contributed by atoms with Crippen molar-refractivity contribution in [1.82, 2.24) is 10.2 Å². The molecule has 0 spiro atoms. The number of rotatable bonds is 5. The summed E-state index contributed by atoms with van der Waals surface area (Å²) in [6.45, 7) is 1.81. The molecule has 12 heteroatoms. The molecule has 0 bridgehead atoms. The maximum Gasteiger partial charge on any atom is 0.338 e. The number of non-ortho nitro benzene ring substituents is 1. The van der Waals surface area contributed by atoms with Crippen LogP contribution in [0.15, 0.2) is 36.4 Å². The zero-order valence-corrected chi connectivity index (χ0v) is 21.9. The van der Waals surface area contributed by atoms with Crippen LogP contribution in [0.2, 0.25) is 0 Å². The Balaban J connectivity index is 1.54. The summed E-state index contributed by atoms with van der Waals surface area (Å²) in [7, 11) is 0. The number of benzene rings is 1. The van der Waals surface area contributed by atoms with Crippen molar-refractivity contribution < 1.29 is 33.6 Å². The molecule has 1 saturated heterocycles. The van der Waals surface area contributed by atoms with E-state index in [1.165, 1.54) is 29.2 Å². The molecule has 1 aromatic carbocycles. The Bertz CT molecular complexity index is 1150. The number of nitrogens with one attached hydrogen (secondary N) is 1. The number of ether oxygens (including phenoxy) is 2. The number of allylic oxidation sites excluding steroid dienone is 1. The van der Waals surface area contributed by atoms with Crippen LogP contribution in [0.5, 0.6) is 0 Å². The first-order valence-electron chi connectivity index (χ1n) is 13.3. The molecular weight excluding hydrogens is 508 g/mol. The molecule has 0 aromatic heterocycles. The fraction of sp³-hybridized carbons (Fsp3) is 0.556. The topological polar surface area (TPSA) is 171 Å². The molecule has 2 aliphatic heterocycles. The summed E-state index contributed by atoms with van der Waals surface area (Å²) in [5.74, 6) is -2.43. The van der Waals surface area contributed by atoms with Gasteiger partial charge in [-0.25, -0.2) is 9.59 Å². The molecular formula is C27H34N4O8. The van der Waals surface area contributed by atoms with Crippen LogP contribution in [0.1, 0.15) is 62.2 Å². The maximum absolute atomic E-state index is 13.6. The Hall–Kier alpha value is -3.80. The summed E-state index contributed by atoms with van der Waals surface area (Å²) >= 11 is 0. The number of esters is 2. The quantitative estimate of drug-likeness (QED) is 0.244. The summed E-state index contributed by atoms with van der Waals surface area (Å²) in [4.78, 5) is 64.1. The van der Waals surface area contributed by atoms with E-state index >= 15 is 0 Å². The molecule has 2 amide bonds. The largest absolute Gasteiger partial charge is 0.464 e. The van der Waals surface area contributed by atoms with E-state index in [2.05, 4.69) is 5.32 Å². The van der Waals surface area contributed by atoms with Gasteiger partial charge in [0.1, 0.15) is 17.7 Å². The number of nitro groups is 1. The molecule has 210 valence electrons. The Kier molecular flexibility index (Phi) is 8.63. The number of nitro benzene ring substituents is 1. The normalized spacial score (nSPS) is 29.2. The average molecular weight is 543 g/mol. The molecule has 2 fully saturated rings. The van der Waals surface area contributed by atoms with Crippen molar-refractivity contribution >= 4 is 29.4 Å². The molecule has 5 atom stereocenters. The summed E-state index contributed by atoms with van der Waals surface area (Å²) in [5, 5.41) is 13.7. The fourth-order valence-electron chi connectivity index (χ4n) is 5.23. The van der Waals surface area contributed by atoms with E-state index in [4.69, 9.17) is 15.2 Å². The van der Waals surface area contributed by atoms with Gasteiger partial charge in [-0.3, -0.25) is 19.7 Å². The molecule has 3 N–H and O–H groups in total. The van der Waals surface area contributed by atoms with Gasteiger partial charge in [0.05, 0.1) is 29.7 Å². The Morgan fingerprint density at radius 3 is 2.64 bits per heavy atom. The molecule has 1 aromatic rings. The molecule has 39 heavy (non-hydrogen) atoms. The van der Waals surface area contributed by atoms with Crippen molar-refractivity contribution in [3.63, 3.8) is 0 Å². The van der Waals surface area contributed by atoms with Crippen molar-refractivity contribution in [3.05, 3.63) is 52.1 Å². The van der Waals surface area contributed by atoms with Gasteiger partial charge >= 0.3 is 11.9 Å². The SMILES string of the molecule is CCOC(=O)[C@@]12C[C@H]1C=CCCCCC[C@H](N)C(=O)N1C[C@H](OC(=O)c3ccc([N+](=O)[O-])cc3)C[C@H]1C(=O)N2. The van der Waals surface area contributed by atoms with Crippen molar-refractivity contribution in [3.8, 4) is 0 Å². The lowest BCUT2D eigenvalue weighted by atomic mass is 10.1. The Morgan fingerprint density at radius 1 is 1.21 bits per heavy atom. The molecule has 1 aliphatic carbocycles. The number of amides is 2. The highest BCUT2D eigenvalue weighted by molar-refractivity contribution is 5.96. The number of hydrogen-bond donors (Lipinski definition) is 2. The number of carbonyl (C=O) groups excluding carboxylic acids is 4. The second-order valence-electron chi connectivity index (χ2n) is 10.2. The molecule has 3 aliphatic rings. The zero-order valence-electron chi connectivity index (χ0n) is 21.9. The van der Waals surface area contributed by atoms with E-state index < -0.39 is 52.4 Å². The van der Waals surface area contributed by atoms with Crippen LogP contribution in [0.3, 0.4) is 0 Å². The first-order chi connectivity index (χ1) is 18.7. The first kappa shape index (κ1) is 28.2. The van der Waals surface area contributed by atoms with E-state index in [1.54, 1.807) is 6.92 Å². The molecule has 0 unspecified atom stereocenters. The standard InChI is InChI=1S/C27H34N4O8/c1-2-38-26(35)27-15-18(27)8-6-4-3-5-7-9-21(28)24(33)30-16-20(14-22(30)23(32)29-27)39-25(34)17-10-12-19(13-11-17)31(36)37/h6,8,10-13,18,20-22H,2-5,7,9,14-16,28H2,1H3,(H,29,32)/t18-,20-,21+,22+,27-/m1/s1. The second-order valence-corrected chi connectivity index (χ2v) is 10.2. The lowest BCUT2D eigenvalue weighted by molar-refractivity contribution is -0.384. The van der Waals surface area contributed by atoms with Crippen molar-refractivity contribution in [2.24, 2.45) is 11.7 Å². The number of hydrogen-bond acceptors (Lipinski definition) is 9. The van der Waals surface area contributed by atoms with Gasteiger partial charge in [0.2, 0.25) is 11.8 Å². The Morgan fingerprint density at radius 2 is 1.95 bits per heavy atom. The number of nitrogens with zero attached hydrogens (tertiary/aromatic N) is 2. The van der Waals surface area contributed by atoms with Gasteiger partial charge in [-0.1, -0.05) is 25.0 Å². The van der Waals surface area contributed by atoms with Gasteiger partial charge in [-0.15, -0.1) is 0 Å². The van der Waals surface area contributed by atoms with E-state index in [-0.39, 0.29) is 36.7 Å². The van der Waals surface area contributed by atoms with Crippen LogP contribution >= 0.6 is 0 Å². The molecule has 0 radical (unpaired) electrons. The van der Waals surface area contributed by atoms with Crippen LogP contribution < -0.4 is 11.1 Å². The van der Waals surface area contributed by atoms with Crippen LogP contribution in [0.25, 0.3) is 0 Å². The van der Waals surface area contributed by atoms with E-state index in [9.17, 15) is 29.3 Å². The van der Waals surface area contributed by atoms with Gasteiger partial charge in [-0.2, -0.15) is 0 Å². The third-order valence-corrected chi connectivity index (χ3v) is 7.51. The highest BCUT2D eigenvalue weighted by Crippen LogP contribution is 2.46. The van der Waals surface area contributed by atoms with Crippen molar-refractivity contribution in [2.75, 3.05) is 13.2 Å². The Labute approximate surface area is 226 Å². The summed E-state index contributed by atoms with van der Waals surface area (Å²) < 4.78 is 10.9. The molecule has 1 saturated carbocycles. The molecule has 12 nitrogen and oxygen atoms in total. The zero-order chi connectivity index (χ0) is 28.2. The second kappa shape index (κ2) is 11.9. The highest BCUT2D eigenvalue weighted by Gasteiger charge is 2.62. The van der Waals surface area contributed by atoms with Crippen LogP contribution in [0.4, 0.5) is 5.69 Å². The minimum Gasteiger partial charge on any atom is -0.464 e. The van der Waals surface area contributed by atoms with Crippen LogP contribution in [0, 0.1) is 16.0 Å². The van der Waals surface area contributed by atoms with Gasteiger partial charge < -0.3 is 25.4 Å². The van der Waals surface area contributed by atoms with Crippen LogP contribution in [-0.4, -0.2) is 70.5 Å². The minimum atomic E-state index is -1.20. The predicted molar refractivity (Wildman–Crippen MR) is 138 cm³/mol. The predicted octanol–water partition coefficient (Wildman–Crippen LogP) is 2.01. The number of fused-ring (bicyclic) bond motifs is 2. The molecule has 4 rings (SSSR count). The fourth-order valence-corrected chi connectivity index (χ4v) is 5.23. The lowest BCUT2D eigenvalue weighted by Crippen LogP contribution is -2.55. The summed E-state index contributed by atoms with van der Waals surface area (Å²) in [6.07, 6.45) is 7.37. The smallest absolute Gasteiger partial charge is 0.338 e. The lowest BCUT2D eigenvalue weighted by Gasteiger charge is -2.28. The van der Waals surface area contributed by atoms with E-state index in [1.807, 2.05) is 12.2 Å². The maximum atomic E-state index is 13.6. The van der Waals surface area contributed by atoms with Crippen molar-refractivity contribution in [1.29, 1.82) is 0 Å². The van der Waals surface area contributed by atoms with E-state index in [0.717, 1.165) is 25.7 Å².